The monoisotopic (exact) mass is 371 g/mol. The van der Waals surface area contributed by atoms with Crippen LogP contribution in [0.4, 0.5) is 5.69 Å². The second-order valence-corrected chi connectivity index (χ2v) is 6.47. The lowest BCUT2D eigenvalue weighted by molar-refractivity contribution is 0.428. The Bertz CT molecular complexity index is 902. The number of nitrogens with one attached hydrogen (secondary N) is 1. The molecule has 1 fully saturated rings. The third-order valence-electron chi connectivity index (χ3n) is 4.13. The van der Waals surface area contributed by atoms with Gasteiger partial charge < -0.3 is 19.7 Å². The number of furan rings is 1. The zero-order valence-electron chi connectivity index (χ0n) is 13.0. The van der Waals surface area contributed by atoms with Crippen molar-refractivity contribution in [2.75, 3.05) is 4.90 Å². The van der Waals surface area contributed by atoms with Crippen LogP contribution in [0.25, 0.3) is 0 Å². The number of thiocarbonyl (C=S) groups is 1. The summed E-state index contributed by atoms with van der Waals surface area (Å²) in [6.45, 7) is 0. The van der Waals surface area contributed by atoms with Crippen LogP contribution < -0.4 is 10.2 Å². The van der Waals surface area contributed by atoms with Crippen LogP contribution in [0.5, 0.6) is 5.75 Å². The molecule has 0 bridgehead atoms. The van der Waals surface area contributed by atoms with Gasteiger partial charge in [-0.2, -0.15) is 0 Å². The second-order valence-electron chi connectivity index (χ2n) is 5.65. The molecule has 3 aromatic rings. The Labute approximate surface area is 154 Å². The van der Waals surface area contributed by atoms with Crippen LogP contribution in [0, 0.1) is 0 Å². The summed E-state index contributed by atoms with van der Waals surface area (Å²) in [7, 11) is 0. The number of aromatic hydroxyl groups is 1. The highest BCUT2D eigenvalue weighted by molar-refractivity contribution is 7.80. The lowest BCUT2D eigenvalue weighted by Gasteiger charge is -2.26. The van der Waals surface area contributed by atoms with Crippen molar-refractivity contribution < 1.29 is 9.52 Å². The number of phenols is 1. The van der Waals surface area contributed by atoms with Gasteiger partial charge in [-0.05, 0) is 54.7 Å². The van der Waals surface area contributed by atoms with Gasteiger partial charge in [0.05, 0.1) is 23.7 Å². The lowest BCUT2D eigenvalue weighted by Crippen LogP contribution is -2.29. The number of nitrogens with zero attached hydrogens (tertiary/aromatic N) is 2. The molecule has 2 atom stereocenters. The van der Waals surface area contributed by atoms with Crippen molar-refractivity contribution in [3.63, 3.8) is 0 Å². The lowest BCUT2D eigenvalue weighted by atomic mass is 10.0. The Balaban J connectivity index is 1.85. The maximum absolute atomic E-state index is 10.4. The normalized spacial score (nSPS) is 19.9. The summed E-state index contributed by atoms with van der Waals surface area (Å²) in [5.41, 5.74) is 1.35. The van der Waals surface area contributed by atoms with Gasteiger partial charge in [0.1, 0.15) is 17.6 Å². The standard InChI is InChI=1S/C18H14ClN3O2S/c19-11-6-7-14(23)13(10-11)22-17(15-5-3-9-24-15)16(21-18(22)25)12-4-1-2-8-20-12/h1-10,16-17,23H,(H,21,25)/t16-,17+/m1/s1. The summed E-state index contributed by atoms with van der Waals surface area (Å²) < 4.78 is 5.66. The molecule has 4 rings (SSSR count). The molecule has 2 N–H and O–H groups in total. The summed E-state index contributed by atoms with van der Waals surface area (Å²) >= 11 is 11.7. The van der Waals surface area contributed by atoms with Gasteiger partial charge >= 0.3 is 0 Å². The van der Waals surface area contributed by atoms with E-state index in [-0.39, 0.29) is 17.8 Å². The molecule has 0 radical (unpaired) electrons. The second kappa shape index (κ2) is 6.38. The van der Waals surface area contributed by atoms with Crippen LogP contribution in [0.3, 0.4) is 0 Å². The van der Waals surface area contributed by atoms with Crippen molar-refractivity contribution in [2.45, 2.75) is 12.1 Å². The van der Waals surface area contributed by atoms with Crippen molar-refractivity contribution in [1.29, 1.82) is 0 Å². The van der Waals surface area contributed by atoms with Crippen LogP contribution in [0.15, 0.2) is 65.4 Å². The molecule has 0 amide bonds. The van der Waals surface area contributed by atoms with E-state index < -0.39 is 0 Å². The number of hydrogen-bond donors (Lipinski definition) is 2. The minimum atomic E-state index is -0.304. The number of rotatable bonds is 3. The first-order chi connectivity index (χ1) is 12.1. The Hall–Kier alpha value is -2.57. The summed E-state index contributed by atoms with van der Waals surface area (Å²) in [6.07, 6.45) is 3.35. The summed E-state index contributed by atoms with van der Waals surface area (Å²) in [4.78, 5) is 6.26. The van der Waals surface area contributed by atoms with Crippen molar-refractivity contribution in [2.24, 2.45) is 0 Å². The molecule has 5 nitrogen and oxygen atoms in total. The van der Waals surface area contributed by atoms with Gasteiger partial charge in [0.2, 0.25) is 0 Å². The van der Waals surface area contributed by atoms with Gasteiger partial charge in [0, 0.05) is 11.2 Å². The van der Waals surface area contributed by atoms with Crippen LogP contribution in [0.2, 0.25) is 5.02 Å². The first-order valence-corrected chi connectivity index (χ1v) is 8.46. The van der Waals surface area contributed by atoms with Gasteiger partial charge in [-0.1, -0.05) is 17.7 Å². The number of benzene rings is 1. The van der Waals surface area contributed by atoms with E-state index in [2.05, 4.69) is 10.3 Å². The third kappa shape index (κ3) is 2.83. The van der Waals surface area contributed by atoms with Crippen molar-refractivity contribution in [1.82, 2.24) is 10.3 Å². The number of hydrogen-bond acceptors (Lipinski definition) is 4. The van der Waals surface area contributed by atoms with Gasteiger partial charge in [-0.25, -0.2) is 0 Å². The molecule has 3 heterocycles. The molecule has 0 spiro atoms. The molecule has 0 saturated carbocycles. The molecule has 1 aromatic carbocycles. The van der Waals surface area contributed by atoms with E-state index >= 15 is 0 Å². The largest absolute Gasteiger partial charge is 0.506 e. The molecular weight excluding hydrogens is 358 g/mol. The Morgan fingerprint density at radius 1 is 1.20 bits per heavy atom. The van der Waals surface area contributed by atoms with E-state index in [0.29, 0.717) is 21.6 Å². The smallest absolute Gasteiger partial charge is 0.174 e. The molecule has 126 valence electrons. The number of aromatic nitrogens is 1. The Morgan fingerprint density at radius 3 is 2.80 bits per heavy atom. The average Bonchev–Trinajstić information content (AvgIpc) is 3.25. The topological polar surface area (TPSA) is 61.5 Å². The fourth-order valence-corrected chi connectivity index (χ4v) is 3.56. The summed E-state index contributed by atoms with van der Waals surface area (Å²) in [5.74, 6) is 0.800. The molecule has 2 aromatic heterocycles. The minimum absolute atomic E-state index is 0.0896. The molecule has 1 aliphatic heterocycles. The number of halogens is 1. The predicted octanol–water partition coefficient (Wildman–Crippen LogP) is 4.21. The fourth-order valence-electron chi connectivity index (χ4n) is 3.05. The van der Waals surface area contributed by atoms with Gasteiger partial charge in [-0.15, -0.1) is 0 Å². The maximum Gasteiger partial charge on any atom is 0.174 e. The van der Waals surface area contributed by atoms with Gasteiger partial charge in [0.25, 0.3) is 0 Å². The highest BCUT2D eigenvalue weighted by Gasteiger charge is 2.43. The van der Waals surface area contributed by atoms with Gasteiger partial charge in [0.15, 0.2) is 5.11 Å². The summed E-state index contributed by atoms with van der Waals surface area (Å²) in [6, 6.07) is 13.7. The van der Waals surface area contributed by atoms with Crippen LogP contribution in [0.1, 0.15) is 23.5 Å². The van der Waals surface area contributed by atoms with Crippen molar-refractivity contribution in [3.05, 3.63) is 77.5 Å². The van der Waals surface area contributed by atoms with E-state index in [1.807, 2.05) is 35.2 Å². The number of anilines is 1. The Morgan fingerprint density at radius 2 is 2.08 bits per heavy atom. The highest BCUT2D eigenvalue weighted by Crippen LogP contribution is 2.44. The minimum Gasteiger partial charge on any atom is -0.506 e. The third-order valence-corrected chi connectivity index (χ3v) is 4.68. The summed E-state index contributed by atoms with van der Waals surface area (Å²) in [5, 5.41) is 14.6. The number of pyridine rings is 1. The average molecular weight is 372 g/mol. The SMILES string of the molecule is Oc1ccc(Cl)cc1N1C(=S)N[C@H](c2ccccn2)[C@@H]1c1ccco1. The molecule has 7 heteroatoms. The molecular formula is C18H14ClN3O2S. The van der Waals surface area contributed by atoms with Crippen LogP contribution >= 0.6 is 23.8 Å². The number of phenolic OH excluding ortho intramolecular Hbond substituents is 1. The predicted molar refractivity (Wildman–Crippen MR) is 99.8 cm³/mol. The molecule has 1 saturated heterocycles. The van der Waals surface area contributed by atoms with E-state index in [0.717, 1.165) is 5.69 Å². The quantitative estimate of drug-likeness (QED) is 0.672. The zero-order valence-corrected chi connectivity index (χ0v) is 14.5. The van der Waals surface area contributed by atoms with E-state index in [9.17, 15) is 5.11 Å². The van der Waals surface area contributed by atoms with E-state index in [4.69, 9.17) is 28.2 Å². The van der Waals surface area contributed by atoms with Crippen molar-refractivity contribution in [3.8, 4) is 5.75 Å². The fraction of sp³-hybridized carbons (Fsp3) is 0.111. The maximum atomic E-state index is 10.4. The molecule has 0 aliphatic carbocycles. The highest BCUT2D eigenvalue weighted by atomic mass is 35.5. The van der Waals surface area contributed by atoms with E-state index in [1.165, 1.54) is 0 Å². The molecule has 0 unspecified atom stereocenters. The molecule has 1 aliphatic rings. The Kier molecular flexibility index (Phi) is 4.07. The zero-order chi connectivity index (χ0) is 17.4. The van der Waals surface area contributed by atoms with Gasteiger partial charge in [-0.3, -0.25) is 4.98 Å². The first-order valence-electron chi connectivity index (χ1n) is 7.68. The molecule has 25 heavy (non-hydrogen) atoms. The van der Waals surface area contributed by atoms with E-state index in [1.54, 1.807) is 30.7 Å². The van der Waals surface area contributed by atoms with Crippen LogP contribution in [-0.2, 0) is 0 Å². The first kappa shape index (κ1) is 15.9. The van der Waals surface area contributed by atoms with Crippen LogP contribution in [-0.4, -0.2) is 15.2 Å². The van der Waals surface area contributed by atoms with Crippen molar-refractivity contribution >= 4 is 34.6 Å².